The predicted molar refractivity (Wildman–Crippen MR) is 151 cm³/mol. The van der Waals surface area contributed by atoms with Crippen molar-refractivity contribution in [3.63, 3.8) is 0 Å². The molecule has 4 aromatic rings. The summed E-state index contributed by atoms with van der Waals surface area (Å²) in [6, 6.07) is 18.0. The van der Waals surface area contributed by atoms with Gasteiger partial charge in [0, 0.05) is 28.1 Å². The van der Waals surface area contributed by atoms with Crippen molar-refractivity contribution in [1.29, 1.82) is 0 Å². The minimum absolute atomic E-state index is 0.0583. The number of carbonyl (C=O) groups is 2. The summed E-state index contributed by atoms with van der Waals surface area (Å²) in [4.78, 5) is 31.9. The average molecular weight is 539 g/mol. The number of hydrogen-bond donors (Lipinski definition) is 2. The Hall–Kier alpha value is -3.33. The van der Waals surface area contributed by atoms with E-state index in [1.807, 2.05) is 43.3 Å². The molecule has 2 atom stereocenters. The molecule has 38 heavy (non-hydrogen) atoms. The first-order chi connectivity index (χ1) is 18.3. The number of nitrogens with one attached hydrogen (secondary N) is 2. The van der Waals surface area contributed by atoms with Gasteiger partial charge in [-0.15, -0.1) is 11.3 Å². The van der Waals surface area contributed by atoms with E-state index in [2.05, 4.69) is 44.1 Å². The van der Waals surface area contributed by atoms with Crippen LogP contribution in [-0.4, -0.2) is 45.2 Å². The summed E-state index contributed by atoms with van der Waals surface area (Å²) in [6.45, 7) is 4.52. The number of pyridine rings is 1. The second-order valence-electron chi connectivity index (χ2n) is 10.2. The van der Waals surface area contributed by atoms with E-state index in [4.69, 9.17) is 4.74 Å². The van der Waals surface area contributed by atoms with Gasteiger partial charge < -0.3 is 15.4 Å². The third-order valence-electron chi connectivity index (χ3n) is 7.52. The molecule has 1 aliphatic carbocycles. The molecule has 6 rings (SSSR count). The van der Waals surface area contributed by atoms with Crippen molar-refractivity contribution >= 4 is 44.2 Å². The number of thiophene rings is 1. The maximum Gasteiger partial charge on any atom is 0.252 e. The fourth-order valence-corrected chi connectivity index (χ4v) is 6.30. The topological polar surface area (TPSA) is 80.3 Å². The van der Waals surface area contributed by atoms with Crippen molar-refractivity contribution in [2.45, 2.75) is 50.4 Å². The molecule has 2 aromatic carbocycles. The summed E-state index contributed by atoms with van der Waals surface area (Å²) in [5, 5.41) is 7.73. The number of ketones is 1. The molecule has 1 aliphatic heterocycles. The Bertz CT molecular complexity index is 1560. The Labute approximate surface area is 229 Å². The van der Waals surface area contributed by atoms with E-state index in [0.717, 1.165) is 63.2 Å². The standard InChI is InChI=1S/C30H28N3O3SSi/c1-17-5-6-20(36-29(38)24-9-13-32-24)16-22(17)28(35)33-30(10-11-30)23-14-19(15-25-21(23)4-3-12-31-25)27-8-7-26(37-27)18(2)34/h3-8,12,14-16,24,29,32H,9-11,13H2,1-2H3,(H,33,35)/t24-,29-/m0/s1. The van der Waals surface area contributed by atoms with Crippen molar-refractivity contribution in [2.24, 2.45) is 0 Å². The zero-order valence-electron chi connectivity index (χ0n) is 21.3. The number of carbonyl (C=O) groups excluding carboxylic acids is 2. The molecule has 3 radical (unpaired) electrons. The lowest BCUT2D eigenvalue weighted by atomic mass is 9.95. The molecule has 2 aromatic heterocycles. The first-order valence-electron chi connectivity index (χ1n) is 12.9. The second-order valence-corrected chi connectivity index (χ2v) is 11.9. The van der Waals surface area contributed by atoms with Gasteiger partial charge in [-0.1, -0.05) is 12.1 Å². The van der Waals surface area contributed by atoms with E-state index in [0.29, 0.717) is 11.3 Å². The zero-order valence-corrected chi connectivity index (χ0v) is 23.2. The molecule has 0 spiro atoms. The molecular weight excluding hydrogens is 511 g/mol. The molecule has 2 fully saturated rings. The van der Waals surface area contributed by atoms with Gasteiger partial charge in [0.2, 0.25) is 0 Å². The number of ether oxygens (including phenoxy) is 1. The largest absolute Gasteiger partial charge is 0.493 e. The Morgan fingerprint density at radius 3 is 2.68 bits per heavy atom. The Balaban J connectivity index is 1.32. The summed E-state index contributed by atoms with van der Waals surface area (Å²) in [5.74, 6) is 0.605. The smallest absolute Gasteiger partial charge is 0.252 e. The number of nitrogens with zero attached hydrogens (tertiary/aromatic N) is 1. The van der Waals surface area contributed by atoms with Crippen LogP contribution in [0.25, 0.3) is 21.3 Å². The van der Waals surface area contributed by atoms with E-state index in [1.54, 1.807) is 13.1 Å². The van der Waals surface area contributed by atoms with Crippen molar-refractivity contribution in [1.82, 2.24) is 15.6 Å². The minimum atomic E-state index is -0.466. The maximum atomic E-state index is 13.7. The Morgan fingerprint density at radius 2 is 2.00 bits per heavy atom. The SMILES string of the molecule is CC(=O)c1ccc(-c2cc(C3(NC(=O)c4cc(O[C@@H]([Si])[C@@H]5CCN5)ccc4C)CC3)c3cccnc3c2)s1. The Kier molecular flexibility index (Phi) is 6.41. The average Bonchev–Trinajstić information content (AvgIpc) is 3.46. The van der Waals surface area contributed by atoms with Gasteiger partial charge >= 0.3 is 0 Å². The van der Waals surface area contributed by atoms with Crippen LogP contribution in [-0.2, 0) is 5.54 Å². The highest BCUT2D eigenvalue weighted by molar-refractivity contribution is 7.17. The molecular formula is C30H28N3O3SSi. The number of rotatable bonds is 8. The van der Waals surface area contributed by atoms with Gasteiger partial charge in [-0.3, -0.25) is 14.6 Å². The van der Waals surface area contributed by atoms with Crippen LogP contribution >= 0.6 is 11.3 Å². The third kappa shape index (κ3) is 4.68. The first kappa shape index (κ1) is 25.0. The monoisotopic (exact) mass is 538 g/mol. The summed E-state index contributed by atoms with van der Waals surface area (Å²) in [7, 11) is 3.67. The highest BCUT2D eigenvalue weighted by Gasteiger charge is 2.47. The van der Waals surface area contributed by atoms with Crippen LogP contribution < -0.4 is 15.4 Å². The molecule has 0 bridgehead atoms. The lowest BCUT2D eigenvalue weighted by Gasteiger charge is -2.33. The van der Waals surface area contributed by atoms with Gasteiger partial charge in [0.1, 0.15) is 5.75 Å². The van der Waals surface area contributed by atoms with Crippen LogP contribution in [0.15, 0.2) is 60.8 Å². The van der Waals surface area contributed by atoms with E-state index >= 15 is 0 Å². The van der Waals surface area contributed by atoms with Gasteiger partial charge in [0.05, 0.1) is 31.9 Å². The fourth-order valence-electron chi connectivity index (χ4n) is 4.99. The van der Waals surface area contributed by atoms with Gasteiger partial charge in [-0.2, -0.15) is 0 Å². The lowest BCUT2D eigenvalue weighted by molar-refractivity contribution is 0.0929. The molecule has 2 aliphatic rings. The van der Waals surface area contributed by atoms with Crippen LogP contribution in [0.5, 0.6) is 5.75 Å². The summed E-state index contributed by atoms with van der Waals surface area (Å²) >= 11 is 1.48. The maximum absolute atomic E-state index is 13.7. The molecule has 191 valence electrons. The third-order valence-corrected chi connectivity index (χ3v) is 9.28. The number of aromatic nitrogens is 1. The van der Waals surface area contributed by atoms with Gasteiger partial charge in [0.15, 0.2) is 5.78 Å². The quantitative estimate of drug-likeness (QED) is 0.240. The number of benzene rings is 2. The molecule has 0 unspecified atom stereocenters. The van der Waals surface area contributed by atoms with E-state index in [-0.39, 0.29) is 23.5 Å². The van der Waals surface area contributed by atoms with Gasteiger partial charge in [-0.25, -0.2) is 0 Å². The molecule has 8 heteroatoms. The fraction of sp³-hybridized carbons (Fsp3) is 0.300. The van der Waals surface area contributed by atoms with Gasteiger partial charge in [0.25, 0.3) is 5.91 Å². The van der Waals surface area contributed by atoms with Gasteiger partial charge in [-0.05, 0) is 98.8 Å². The molecule has 1 saturated heterocycles. The normalized spacial score (nSPS) is 18.4. The zero-order chi connectivity index (χ0) is 26.4. The van der Waals surface area contributed by atoms with Crippen LogP contribution in [0.2, 0.25) is 0 Å². The minimum Gasteiger partial charge on any atom is -0.493 e. The molecule has 3 heterocycles. The van der Waals surface area contributed by atoms with E-state index in [9.17, 15) is 9.59 Å². The van der Waals surface area contributed by atoms with Crippen molar-refractivity contribution in [2.75, 3.05) is 6.54 Å². The Morgan fingerprint density at radius 1 is 1.18 bits per heavy atom. The van der Waals surface area contributed by atoms with Crippen molar-refractivity contribution in [3.05, 3.63) is 82.4 Å². The van der Waals surface area contributed by atoms with Crippen molar-refractivity contribution < 1.29 is 14.3 Å². The number of Topliss-reactive ketones (excluding diaryl/α,β-unsaturated/α-hetero) is 1. The summed E-state index contributed by atoms with van der Waals surface area (Å²) < 4.78 is 6.08. The summed E-state index contributed by atoms with van der Waals surface area (Å²) in [5.41, 5.74) is 3.82. The molecule has 1 saturated carbocycles. The summed E-state index contributed by atoms with van der Waals surface area (Å²) in [6.07, 6.45) is 4.54. The molecule has 2 N–H and O–H groups in total. The van der Waals surface area contributed by atoms with Crippen LogP contribution in [0.3, 0.4) is 0 Å². The number of amides is 1. The lowest BCUT2D eigenvalue weighted by Crippen LogP contribution is -2.53. The van der Waals surface area contributed by atoms with Crippen molar-refractivity contribution in [3.8, 4) is 16.2 Å². The highest BCUT2D eigenvalue weighted by atomic mass is 32.1. The van der Waals surface area contributed by atoms with Crippen LogP contribution in [0.1, 0.15) is 57.3 Å². The second kappa shape index (κ2) is 9.76. The highest BCUT2D eigenvalue weighted by Crippen LogP contribution is 2.49. The molecule has 6 nitrogen and oxygen atoms in total. The predicted octanol–water partition coefficient (Wildman–Crippen LogP) is 5.13. The number of fused-ring (bicyclic) bond motifs is 1. The van der Waals surface area contributed by atoms with Crippen LogP contribution in [0.4, 0.5) is 0 Å². The molecule has 1 amide bonds. The number of hydrogen-bond acceptors (Lipinski definition) is 6. The van der Waals surface area contributed by atoms with E-state index < -0.39 is 5.54 Å². The first-order valence-corrected chi connectivity index (χ1v) is 14.3. The van der Waals surface area contributed by atoms with E-state index in [1.165, 1.54) is 11.3 Å². The number of aryl methyl sites for hydroxylation is 1. The van der Waals surface area contributed by atoms with Crippen LogP contribution in [0, 0.1) is 6.92 Å².